The Labute approximate surface area is 563 Å². The molecule has 3 heterocycles. The lowest BCUT2D eigenvalue weighted by molar-refractivity contribution is -0.124. The smallest absolute Gasteiger partial charge is 0.298 e. The molecule has 12 rings (SSSR count). The van der Waals surface area contributed by atoms with Gasteiger partial charge in [-0.3, -0.25) is 28.8 Å². The summed E-state index contributed by atoms with van der Waals surface area (Å²) in [7, 11) is 0. The topological polar surface area (TPSA) is 218 Å². The zero-order valence-corrected chi connectivity index (χ0v) is 54.9. The SMILES string of the molecule is Cc1ccc(C(=O)c2sc3cc(O)ccc3c2-c2ccc(O/C=C/OC=O)cc2)c(C)c1.Cc1ccc(C(=O)c2sc3cc(O)ccc3c2-c2ccc(O/C=C/OC=O)cc2)c(C)c1.Cc1ccc(C(=O)c2sc3cc(O)ccc3c2-c2ccc(O/C=C/OC=O)cc2)c(C)c1. The molecular formula is C78H60O15S3. The van der Waals surface area contributed by atoms with Crippen LogP contribution in [0.15, 0.2) is 220 Å². The lowest BCUT2D eigenvalue weighted by Gasteiger charge is -2.09. The number of hydrogen-bond donors (Lipinski definition) is 3. The highest BCUT2D eigenvalue weighted by Gasteiger charge is 2.26. The van der Waals surface area contributed by atoms with Gasteiger partial charge >= 0.3 is 0 Å². The maximum atomic E-state index is 13.6. The molecule has 0 amide bonds. The molecule has 0 atom stereocenters. The van der Waals surface area contributed by atoms with Crippen molar-refractivity contribution in [3.8, 4) is 67.9 Å². The predicted molar refractivity (Wildman–Crippen MR) is 376 cm³/mol. The molecule has 0 bridgehead atoms. The van der Waals surface area contributed by atoms with Crippen molar-refractivity contribution < 1.29 is 72.5 Å². The molecule has 18 heteroatoms. The number of aryl methyl sites for hydroxylation is 6. The Morgan fingerprint density at radius 1 is 0.323 bits per heavy atom. The molecule has 0 fully saturated rings. The van der Waals surface area contributed by atoms with Crippen molar-refractivity contribution in [3.63, 3.8) is 0 Å². The van der Waals surface area contributed by atoms with Crippen molar-refractivity contribution in [1.82, 2.24) is 0 Å². The molecule has 15 nitrogen and oxygen atoms in total. The van der Waals surface area contributed by atoms with Gasteiger partial charge in [0.2, 0.25) is 17.3 Å². The number of phenolic OH excluding ortho intramolecular Hbond substituents is 3. The fraction of sp³-hybridized carbons (Fsp3) is 0.0769. The standard InChI is InChI=1S/3C26H20O5S/c3*1-16-3-9-21(17(2)13-16)25(29)26-24(22-10-6-19(28)14-23(22)32-26)18-4-7-20(8-5-18)31-12-11-30-15-27/h3*3-15,28H,1-2H3/b3*12-11+. The molecule has 0 spiro atoms. The summed E-state index contributed by atoms with van der Waals surface area (Å²) >= 11 is 4.11. The number of phenols is 3. The van der Waals surface area contributed by atoms with Gasteiger partial charge in [-0.15, -0.1) is 34.0 Å². The zero-order valence-electron chi connectivity index (χ0n) is 52.5. The van der Waals surface area contributed by atoms with Crippen LogP contribution in [0.2, 0.25) is 0 Å². The molecule has 0 aliphatic rings. The molecule has 480 valence electrons. The minimum atomic E-state index is -0.0486. The maximum Gasteiger partial charge on any atom is 0.298 e. The van der Waals surface area contributed by atoms with Gasteiger partial charge < -0.3 is 43.7 Å². The Hall–Kier alpha value is -11.7. The highest BCUT2D eigenvalue weighted by Crippen LogP contribution is 2.45. The number of rotatable bonds is 21. The van der Waals surface area contributed by atoms with Crippen LogP contribution in [-0.4, -0.2) is 52.1 Å². The Morgan fingerprint density at radius 3 is 0.823 bits per heavy atom. The van der Waals surface area contributed by atoms with Gasteiger partial charge in [-0.2, -0.15) is 0 Å². The summed E-state index contributed by atoms with van der Waals surface area (Å²) in [5.41, 5.74) is 13.1. The van der Waals surface area contributed by atoms with Crippen LogP contribution in [0.1, 0.15) is 79.1 Å². The highest BCUT2D eigenvalue weighted by molar-refractivity contribution is 7.22. The van der Waals surface area contributed by atoms with Gasteiger partial charge in [-0.05, 0) is 166 Å². The predicted octanol–water partition coefficient (Wildman–Crippen LogP) is 18.4. The number of fused-ring (bicyclic) bond motifs is 3. The number of carbonyl (C=O) groups is 6. The number of ketones is 3. The molecule has 0 unspecified atom stereocenters. The molecule has 96 heavy (non-hydrogen) atoms. The number of benzene rings is 9. The van der Waals surface area contributed by atoms with Crippen LogP contribution in [0.5, 0.6) is 34.5 Å². The van der Waals surface area contributed by atoms with E-state index in [9.17, 15) is 44.1 Å². The molecule has 0 aliphatic heterocycles. The number of hydrogen-bond acceptors (Lipinski definition) is 18. The van der Waals surface area contributed by atoms with Gasteiger partial charge in [0.25, 0.3) is 19.4 Å². The van der Waals surface area contributed by atoms with Crippen molar-refractivity contribution in [2.45, 2.75) is 41.5 Å². The monoisotopic (exact) mass is 1330 g/mol. The summed E-state index contributed by atoms with van der Waals surface area (Å²) in [6.07, 6.45) is 7.21. The lowest BCUT2D eigenvalue weighted by Crippen LogP contribution is -2.03. The van der Waals surface area contributed by atoms with Crippen LogP contribution in [-0.2, 0) is 28.6 Å². The van der Waals surface area contributed by atoms with Crippen molar-refractivity contribution in [1.29, 1.82) is 0 Å². The third-order valence-electron chi connectivity index (χ3n) is 15.1. The summed E-state index contributed by atoms with van der Waals surface area (Å²) in [6.45, 7) is 12.7. The average molecular weight is 1330 g/mol. The van der Waals surface area contributed by atoms with Gasteiger partial charge in [0.05, 0.1) is 14.6 Å². The Bertz CT molecular complexity index is 4490. The Balaban J connectivity index is 0.000000157. The Kier molecular flexibility index (Phi) is 21.6. The minimum Gasteiger partial charge on any atom is -0.508 e. The lowest BCUT2D eigenvalue weighted by atomic mass is 9.95. The van der Waals surface area contributed by atoms with Gasteiger partial charge in [0, 0.05) is 63.6 Å². The van der Waals surface area contributed by atoms with Gasteiger partial charge in [-0.25, -0.2) is 0 Å². The first-order valence-corrected chi connectivity index (χ1v) is 32.0. The normalized spacial score (nSPS) is 11.1. The number of aromatic hydroxyl groups is 3. The minimum absolute atomic E-state index is 0.0486. The maximum absolute atomic E-state index is 13.6. The van der Waals surface area contributed by atoms with E-state index >= 15 is 0 Å². The van der Waals surface area contributed by atoms with Crippen molar-refractivity contribution >= 4 is 101 Å². The Morgan fingerprint density at radius 2 is 0.583 bits per heavy atom. The van der Waals surface area contributed by atoms with E-state index in [1.165, 1.54) is 52.8 Å². The van der Waals surface area contributed by atoms with Crippen LogP contribution in [0, 0.1) is 41.5 Å². The second-order valence-electron chi connectivity index (χ2n) is 21.8. The second kappa shape index (κ2) is 30.8. The summed E-state index contributed by atoms with van der Waals surface area (Å²) in [5.74, 6) is 1.99. The van der Waals surface area contributed by atoms with E-state index in [0.29, 0.717) is 68.0 Å². The first-order valence-electron chi connectivity index (χ1n) is 29.6. The fourth-order valence-electron chi connectivity index (χ4n) is 10.8. The largest absolute Gasteiger partial charge is 0.508 e. The van der Waals surface area contributed by atoms with Crippen LogP contribution in [0.25, 0.3) is 63.6 Å². The highest BCUT2D eigenvalue weighted by atomic mass is 32.1. The second-order valence-corrected chi connectivity index (χ2v) is 25.0. The van der Waals surface area contributed by atoms with E-state index in [4.69, 9.17) is 14.2 Å². The van der Waals surface area contributed by atoms with E-state index in [2.05, 4.69) is 14.2 Å². The van der Waals surface area contributed by atoms with E-state index in [1.54, 1.807) is 72.8 Å². The third kappa shape index (κ3) is 15.7. The van der Waals surface area contributed by atoms with Gasteiger partial charge in [0.15, 0.2) is 0 Å². The molecule has 12 aromatic rings. The molecule has 0 radical (unpaired) electrons. The van der Waals surface area contributed by atoms with Crippen molar-refractivity contribution in [2.24, 2.45) is 0 Å². The fourth-order valence-corrected chi connectivity index (χ4v) is 14.4. The molecule has 0 aliphatic carbocycles. The quantitative estimate of drug-likeness (QED) is 0.0264. The zero-order chi connectivity index (χ0) is 68.0. The van der Waals surface area contributed by atoms with E-state index in [-0.39, 0.29) is 34.6 Å². The van der Waals surface area contributed by atoms with Crippen LogP contribution in [0.4, 0.5) is 0 Å². The number of ether oxygens (including phenoxy) is 6. The first-order chi connectivity index (χ1) is 46.4. The van der Waals surface area contributed by atoms with Crippen LogP contribution >= 0.6 is 34.0 Å². The van der Waals surface area contributed by atoms with E-state index in [0.717, 1.165) is 116 Å². The van der Waals surface area contributed by atoms with Crippen LogP contribution < -0.4 is 14.2 Å². The van der Waals surface area contributed by atoms with Gasteiger partial charge in [0.1, 0.15) is 72.1 Å². The molecule has 9 aromatic carbocycles. The summed E-state index contributed by atoms with van der Waals surface area (Å²) in [6, 6.07) is 54.7. The summed E-state index contributed by atoms with van der Waals surface area (Å²) in [4.78, 5) is 73.1. The van der Waals surface area contributed by atoms with E-state index in [1.807, 2.05) is 151 Å². The third-order valence-corrected chi connectivity index (χ3v) is 18.6. The number of thiophene rings is 3. The number of carbonyl (C=O) groups excluding carboxylic acids is 6. The molecular weight excluding hydrogens is 1270 g/mol. The van der Waals surface area contributed by atoms with Crippen LogP contribution in [0.3, 0.4) is 0 Å². The molecule has 3 N–H and O–H groups in total. The summed E-state index contributed by atoms with van der Waals surface area (Å²) < 4.78 is 32.1. The molecule has 3 aromatic heterocycles. The molecule has 0 saturated heterocycles. The van der Waals surface area contributed by atoms with Gasteiger partial charge in [-0.1, -0.05) is 108 Å². The first kappa shape index (κ1) is 67.2. The van der Waals surface area contributed by atoms with E-state index < -0.39 is 0 Å². The van der Waals surface area contributed by atoms with Crippen molar-refractivity contribution in [3.05, 3.63) is 284 Å². The average Bonchev–Trinajstić information content (AvgIpc) is 1.66. The summed E-state index contributed by atoms with van der Waals surface area (Å²) in [5, 5.41) is 32.6. The van der Waals surface area contributed by atoms with Crippen molar-refractivity contribution in [2.75, 3.05) is 0 Å². The molecule has 0 saturated carbocycles.